The summed E-state index contributed by atoms with van der Waals surface area (Å²) in [7, 11) is 1.97. The molecule has 0 N–H and O–H groups in total. The van der Waals surface area contributed by atoms with Crippen molar-refractivity contribution in [1.29, 1.82) is 0 Å². The van der Waals surface area contributed by atoms with E-state index in [1.165, 1.54) is 12.1 Å². The zero-order valence-electron chi connectivity index (χ0n) is 26.6. The lowest BCUT2D eigenvalue weighted by molar-refractivity contribution is 0.0509. The molecule has 0 saturated heterocycles. The van der Waals surface area contributed by atoms with Crippen molar-refractivity contribution in [1.82, 2.24) is 14.3 Å². The van der Waals surface area contributed by atoms with Crippen LogP contribution >= 0.6 is 11.6 Å². The largest absolute Gasteiger partial charge is 0.493 e. The Morgan fingerprint density at radius 3 is 2.70 bits per heavy atom. The molecule has 3 heterocycles. The fraction of sp³-hybridized carbons (Fsp3) is 0.405. The zero-order valence-corrected chi connectivity index (χ0v) is 27.4. The molecule has 0 unspecified atom stereocenters. The van der Waals surface area contributed by atoms with Gasteiger partial charge in [-0.15, -0.1) is 0 Å². The van der Waals surface area contributed by atoms with E-state index in [2.05, 4.69) is 11.5 Å². The summed E-state index contributed by atoms with van der Waals surface area (Å²) in [4.78, 5) is 13.9. The Morgan fingerprint density at radius 2 is 1.91 bits per heavy atom. The second-order valence-electron chi connectivity index (χ2n) is 12.6. The van der Waals surface area contributed by atoms with E-state index in [0.29, 0.717) is 55.7 Å². The van der Waals surface area contributed by atoms with Crippen LogP contribution in [0.4, 0.5) is 4.39 Å². The van der Waals surface area contributed by atoms with E-state index >= 15 is 0 Å². The second kappa shape index (κ2) is 12.4. The van der Waals surface area contributed by atoms with Gasteiger partial charge in [-0.05, 0) is 92.1 Å². The minimum atomic E-state index is -0.328. The summed E-state index contributed by atoms with van der Waals surface area (Å²) < 4.78 is 36.2. The summed E-state index contributed by atoms with van der Waals surface area (Å²) in [5, 5.41) is 8.17. The number of carbonyl (C=O) groups is 1. The van der Waals surface area contributed by atoms with Crippen molar-refractivity contribution in [2.75, 3.05) is 19.8 Å². The van der Waals surface area contributed by atoms with Crippen molar-refractivity contribution in [3.8, 4) is 16.9 Å². The Kier molecular flexibility index (Phi) is 8.28. The number of fused-ring (bicyclic) bond motifs is 3. The maximum atomic E-state index is 13.9. The van der Waals surface area contributed by atoms with Crippen molar-refractivity contribution in [3.63, 3.8) is 0 Å². The monoisotopic (exact) mass is 643 g/mol. The third-order valence-corrected chi connectivity index (χ3v) is 9.99. The molecule has 5 aromatic rings. The van der Waals surface area contributed by atoms with Crippen LogP contribution in [0.3, 0.4) is 0 Å². The molecule has 0 atom stereocenters. The Bertz CT molecular complexity index is 1960. The smallest absolute Gasteiger partial charge is 0.355 e. The van der Waals surface area contributed by atoms with Gasteiger partial charge in [0, 0.05) is 41.2 Å². The lowest BCUT2D eigenvalue weighted by Crippen LogP contribution is -2.18. The third-order valence-electron chi connectivity index (χ3n) is 9.67. The molecule has 46 heavy (non-hydrogen) atoms. The summed E-state index contributed by atoms with van der Waals surface area (Å²) in [6.45, 7) is 6.40. The van der Waals surface area contributed by atoms with Gasteiger partial charge in [0.25, 0.3) is 0 Å². The summed E-state index contributed by atoms with van der Waals surface area (Å²) in [5.41, 5.74) is 6.39. The van der Waals surface area contributed by atoms with Crippen LogP contribution in [0.5, 0.6) is 5.75 Å². The standard InChI is InChI=1S/C37H39ClFN3O4/c1-4-30-33-29(40-41(30)3)21-44-22-37(15-16-37)17-18-42-34-27(13-14-28(38)32(33)34)26(35(42)36(43)45-5-2)9-7-19-46-31-10-6-8-23-20-24(39)11-12-25(23)31/h6,8,10-14,20H,4-5,7,9,15-19,21-22H2,1-3H3. The van der Waals surface area contributed by atoms with E-state index < -0.39 is 0 Å². The minimum absolute atomic E-state index is 0.101. The van der Waals surface area contributed by atoms with E-state index in [1.807, 2.05) is 49.0 Å². The maximum Gasteiger partial charge on any atom is 0.355 e. The number of ether oxygens (including phenoxy) is 3. The number of halogens is 2. The van der Waals surface area contributed by atoms with Crippen LogP contribution in [-0.2, 0) is 42.5 Å². The highest BCUT2D eigenvalue weighted by molar-refractivity contribution is 6.35. The van der Waals surface area contributed by atoms with E-state index in [9.17, 15) is 9.18 Å². The molecule has 1 saturated carbocycles. The molecule has 2 aromatic heterocycles. The average molecular weight is 644 g/mol. The fourth-order valence-corrected chi connectivity index (χ4v) is 7.44. The number of carbonyl (C=O) groups excluding carboxylic acids is 1. The predicted octanol–water partition coefficient (Wildman–Crippen LogP) is 8.44. The van der Waals surface area contributed by atoms with Crippen molar-refractivity contribution in [2.45, 2.75) is 65.5 Å². The number of hydrogen-bond acceptors (Lipinski definition) is 5. The number of hydrogen-bond donors (Lipinski definition) is 0. The van der Waals surface area contributed by atoms with Gasteiger partial charge in [-0.3, -0.25) is 4.68 Å². The molecule has 0 amide bonds. The molecule has 1 aliphatic heterocycles. The SMILES string of the molecule is CCOC(=O)c1c(CCCOc2cccc3cc(F)ccc23)c2ccc(Cl)c3c2n1CCC1(CC1)COCc1nn(C)c(CC)c1-3. The first-order valence-corrected chi connectivity index (χ1v) is 16.7. The van der Waals surface area contributed by atoms with Crippen LogP contribution in [-0.4, -0.2) is 40.1 Å². The summed E-state index contributed by atoms with van der Waals surface area (Å²) in [6.07, 6.45) is 5.14. The number of aromatic nitrogens is 3. The molecule has 240 valence electrons. The molecule has 0 radical (unpaired) electrons. The molecule has 2 aliphatic rings. The van der Waals surface area contributed by atoms with Crippen molar-refractivity contribution >= 4 is 39.2 Å². The normalized spacial score (nSPS) is 15.6. The van der Waals surface area contributed by atoms with Crippen LogP contribution in [0.1, 0.15) is 67.0 Å². The molecular formula is C37H39ClFN3O4. The summed E-state index contributed by atoms with van der Waals surface area (Å²) >= 11 is 7.11. The van der Waals surface area contributed by atoms with Gasteiger partial charge in [0.05, 0.1) is 42.7 Å². The number of esters is 1. The average Bonchev–Trinajstić information content (AvgIpc) is 3.64. The number of aryl methyl sites for hydroxylation is 3. The summed E-state index contributed by atoms with van der Waals surface area (Å²) in [6, 6.07) is 14.4. The first kappa shape index (κ1) is 30.8. The van der Waals surface area contributed by atoms with Crippen LogP contribution in [0.25, 0.3) is 32.8 Å². The highest BCUT2D eigenvalue weighted by Gasteiger charge is 2.43. The van der Waals surface area contributed by atoms with Gasteiger partial charge in [0.2, 0.25) is 0 Å². The van der Waals surface area contributed by atoms with Gasteiger partial charge < -0.3 is 18.8 Å². The van der Waals surface area contributed by atoms with E-state index in [0.717, 1.165) is 75.4 Å². The minimum Gasteiger partial charge on any atom is -0.493 e. The Balaban J connectivity index is 1.34. The zero-order chi connectivity index (χ0) is 32.0. The second-order valence-corrected chi connectivity index (χ2v) is 13.0. The molecule has 1 aliphatic carbocycles. The van der Waals surface area contributed by atoms with Gasteiger partial charge >= 0.3 is 5.97 Å². The number of benzene rings is 3. The predicted molar refractivity (Wildman–Crippen MR) is 178 cm³/mol. The van der Waals surface area contributed by atoms with Crippen LogP contribution in [0.2, 0.25) is 5.02 Å². The molecule has 7 nitrogen and oxygen atoms in total. The number of nitrogens with zero attached hydrogens (tertiary/aromatic N) is 3. The van der Waals surface area contributed by atoms with Gasteiger partial charge in [0.15, 0.2) is 0 Å². The molecule has 3 aromatic carbocycles. The van der Waals surface area contributed by atoms with Crippen LogP contribution < -0.4 is 4.74 Å². The van der Waals surface area contributed by atoms with Gasteiger partial charge in [-0.1, -0.05) is 36.7 Å². The van der Waals surface area contributed by atoms with Crippen molar-refractivity contribution in [3.05, 3.63) is 82.0 Å². The maximum absolute atomic E-state index is 13.9. The molecule has 1 spiro atoms. The van der Waals surface area contributed by atoms with Crippen molar-refractivity contribution < 1.29 is 23.4 Å². The quantitative estimate of drug-likeness (QED) is 0.125. The van der Waals surface area contributed by atoms with E-state index in [-0.39, 0.29) is 23.8 Å². The van der Waals surface area contributed by atoms with Gasteiger partial charge in [-0.25, -0.2) is 9.18 Å². The van der Waals surface area contributed by atoms with Crippen LogP contribution in [0, 0.1) is 11.2 Å². The van der Waals surface area contributed by atoms with Gasteiger partial charge in [0.1, 0.15) is 17.3 Å². The van der Waals surface area contributed by atoms with Crippen molar-refractivity contribution in [2.24, 2.45) is 12.5 Å². The number of rotatable bonds is 8. The Hall–Kier alpha value is -3.88. The van der Waals surface area contributed by atoms with E-state index in [1.54, 1.807) is 6.07 Å². The van der Waals surface area contributed by atoms with E-state index in [4.69, 9.17) is 30.9 Å². The Labute approximate surface area is 273 Å². The van der Waals surface area contributed by atoms with Crippen LogP contribution in [0.15, 0.2) is 48.5 Å². The highest BCUT2D eigenvalue weighted by atomic mass is 35.5. The lowest BCUT2D eigenvalue weighted by Gasteiger charge is -2.18. The first-order chi connectivity index (χ1) is 22.3. The molecular weight excluding hydrogens is 605 g/mol. The topological polar surface area (TPSA) is 67.5 Å². The fourth-order valence-electron chi connectivity index (χ4n) is 7.19. The highest BCUT2D eigenvalue weighted by Crippen LogP contribution is 2.51. The van der Waals surface area contributed by atoms with Gasteiger partial charge in [-0.2, -0.15) is 5.10 Å². The summed E-state index contributed by atoms with van der Waals surface area (Å²) in [5.74, 6) is 0.107. The first-order valence-electron chi connectivity index (χ1n) is 16.3. The third kappa shape index (κ3) is 5.45. The Morgan fingerprint density at radius 1 is 1.09 bits per heavy atom. The molecule has 9 heteroatoms. The lowest BCUT2D eigenvalue weighted by atomic mass is 9.97. The molecule has 1 fully saturated rings. The molecule has 7 rings (SSSR count). The molecule has 0 bridgehead atoms.